The highest BCUT2D eigenvalue weighted by atomic mass is 79.9. The maximum Gasteiger partial charge on any atom is 0.438 e. The molecule has 0 unspecified atom stereocenters. The van der Waals surface area contributed by atoms with Crippen LogP contribution in [0.1, 0.15) is 24.8 Å². The zero-order chi connectivity index (χ0) is 16.1. The molecule has 4 nitrogen and oxygen atoms in total. The summed E-state index contributed by atoms with van der Waals surface area (Å²) < 4.78 is 40.5. The lowest BCUT2D eigenvalue weighted by molar-refractivity contribution is -0.302. The van der Waals surface area contributed by atoms with Crippen LogP contribution in [0.5, 0.6) is 0 Å². The first-order valence-corrected chi connectivity index (χ1v) is 7.48. The van der Waals surface area contributed by atoms with Crippen LogP contribution < -0.4 is 0 Å². The Balaban J connectivity index is 2.00. The summed E-state index contributed by atoms with van der Waals surface area (Å²) in [5.74, 6) is -1.25. The molecule has 1 amide bonds. The molecule has 1 aromatic carbocycles. The zero-order valence-corrected chi connectivity index (χ0v) is 12.9. The fourth-order valence-corrected chi connectivity index (χ4v) is 2.73. The Labute approximate surface area is 132 Å². The summed E-state index contributed by atoms with van der Waals surface area (Å²) in [6.45, 7) is 0. The average Bonchev–Trinajstić information content (AvgIpc) is 3.20. The van der Waals surface area contributed by atoms with E-state index < -0.39 is 30.1 Å². The molecule has 8 heteroatoms. The molecular formula is C14H12BrF3N2O2. The van der Waals surface area contributed by atoms with Crippen molar-refractivity contribution in [2.75, 3.05) is 0 Å². The number of carbonyl (C=O) groups is 1. The normalized spacial score (nSPS) is 25.3. The number of halogens is 4. The van der Waals surface area contributed by atoms with Gasteiger partial charge in [0.25, 0.3) is 5.72 Å². The second-order valence-corrected chi connectivity index (χ2v) is 6.39. The van der Waals surface area contributed by atoms with Gasteiger partial charge in [-0.3, -0.25) is 4.79 Å². The van der Waals surface area contributed by atoms with Gasteiger partial charge in [-0.15, -0.1) is 0 Å². The first kappa shape index (κ1) is 15.5. The van der Waals surface area contributed by atoms with E-state index in [4.69, 9.17) is 0 Å². The van der Waals surface area contributed by atoms with Gasteiger partial charge in [-0.1, -0.05) is 28.1 Å². The van der Waals surface area contributed by atoms with E-state index in [0.717, 1.165) is 0 Å². The van der Waals surface area contributed by atoms with Gasteiger partial charge in [0.15, 0.2) is 0 Å². The van der Waals surface area contributed by atoms with Crippen molar-refractivity contribution in [1.82, 2.24) is 5.01 Å². The number of rotatable bonds is 2. The van der Waals surface area contributed by atoms with Crippen LogP contribution in [0.4, 0.5) is 13.2 Å². The third-order valence-corrected chi connectivity index (χ3v) is 4.23. The SMILES string of the molecule is O=C(C1CC1)N1N=C(c2cccc(Br)c2)C[C@]1(O)C(F)(F)F. The van der Waals surface area contributed by atoms with Crippen molar-refractivity contribution in [3.63, 3.8) is 0 Å². The summed E-state index contributed by atoms with van der Waals surface area (Å²) in [6.07, 6.45) is -4.68. The van der Waals surface area contributed by atoms with Gasteiger partial charge in [-0.05, 0) is 30.5 Å². The molecule has 1 saturated carbocycles. The molecule has 0 aromatic heterocycles. The van der Waals surface area contributed by atoms with Crippen LogP contribution in [0, 0.1) is 5.92 Å². The van der Waals surface area contributed by atoms with Crippen LogP contribution in [0.2, 0.25) is 0 Å². The molecule has 0 saturated heterocycles. The van der Waals surface area contributed by atoms with Gasteiger partial charge in [0.05, 0.1) is 12.1 Å². The topological polar surface area (TPSA) is 52.9 Å². The Morgan fingerprint density at radius 2 is 2.09 bits per heavy atom. The van der Waals surface area contributed by atoms with E-state index in [9.17, 15) is 23.1 Å². The van der Waals surface area contributed by atoms with Gasteiger partial charge in [0, 0.05) is 10.4 Å². The van der Waals surface area contributed by atoms with Gasteiger partial charge < -0.3 is 5.11 Å². The Bertz CT molecular complexity index is 658. The average molecular weight is 377 g/mol. The van der Waals surface area contributed by atoms with E-state index in [1.54, 1.807) is 24.3 Å². The number of alkyl halides is 3. The highest BCUT2D eigenvalue weighted by molar-refractivity contribution is 9.10. The van der Waals surface area contributed by atoms with Gasteiger partial charge in [0.1, 0.15) is 0 Å². The van der Waals surface area contributed by atoms with Crippen LogP contribution in [-0.4, -0.2) is 33.6 Å². The molecule has 22 heavy (non-hydrogen) atoms. The van der Waals surface area contributed by atoms with E-state index in [2.05, 4.69) is 21.0 Å². The predicted octanol–water partition coefficient (Wildman–Crippen LogP) is 3.05. The predicted molar refractivity (Wildman–Crippen MR) is 75.9 cm³/mol. The zero-order valence-electron chi connectivity index (χ0n) is 11.3. The molecule has 118 valence electrons. The maximum absolute atomic E-state index is 13.3. The minimum Gasteiger partial charge on any atom is -0.362 e. The number of nitrogens with zero attached hydrogens (tertiary/aromatic N) is 2. The fraction of sp³-hybridized carbons (Fsp3) is 0.429. The minimum atomic E-state index is -4.98. The number of hydrogen-bond acceptors (Lipinski definition) is 3. The smallest absolute Gasteiger partial charge is 0.362 e. The van der Waals surface area contributed by atoms with Crippen LogP contribution in [-0.2, 0) is 4.79 Å². The number of aliphatic hydroxyl groups is 1. The van der Waals surface area contributed by atoms with Crippen LogP contribution in [0.15, 0.2) is 33.8 Å². The lowest BCUT2D eigenvalue weighted by Crippen LogP contribution is -2.57. The second-order valence-electron chi connectivity index (χ2n) is 5.47. The molecule has 1 aliphatic carbocycles. The Morgan fingerprint density at radius 1 is 1.41 bits per heavy atom. The number of carbonyl (C=O) groups excluding carboxylic acids is 1. The largest absolute Gasteiger partial charge is 0.438 e. The van der Waals surface area contributed by atoms with E-state index >= 15 is 0 Å². The number of amides is 1. The highest BCUT2D eigenvalue weighted by Gasteiger charge is 2.64. The Morgan fingerprint density at radius 3 is 2.64 bits per heavy atom. The molecule has 1 aliphatic heterocycles. The van der Waals surface area contributed by atoms with Crippen LogP contribution >= 0.6 is 15.9 Å². The summed E-state index contributed by atoms with van der Waals surface area (Å²) in [5, 5.41) is 14.1. The van der Waals surface area contributed by atoms with Crippen molar-refractivity contribution in [1.29, 1.82) is 0 Å². The van der Waals surface area contributed by atoms with Crippen molar-refractivity contribution in [3.05, 3.63) is 34.3 Å². The standard InChI is InChI=1S/C14H12BrF3N2O2/c15-10-3-1-2-9(6-10)11-7-13(22,14(16,17)18)20(19-11)12(21)8-4-5-8/h1-3,6,8,22H,4-5,7H2/t13-/m0/s1. The van der Waals surface area contributed by atoms with Gasteiger partial charge in [-0.25, -0.2) is 0 Å². The molecule has 0 bridgehead atoms. The molecule has 3 rings (SSSR count). The Hall–Kier alpha value is -1.41. The van der Waals surface area contributed by atoms with E-state index in [-0.39, 0.29) is 10.7 Å². The molecule has 0 radical (unpaired) electrons. The molecule has 1 atom stereocenters. The third-order valence-electron chi connectivity index (χ3n) is 3.73. The van der Waals surface area contributed by atoms with Crippen LogP contribution in [0.25, 0.3) is 0 Å². The van der Waals surface area contributed by atoms with Gasteiger partial charge in [-0.2, -0.15) is 23.3 Å². The quantitative estimate of drug-likeness (QED) is 0.862. The third kappa shape index (κ3) is 2.54. The highest BCUT2D eigenvalue weighted by Crippen LogP contribution is 2.44. The monoisotopic (exact) mass is 376 g/mol. The summed E-state index contributed by atoms with van der Waals surface area (Å²) in [4.78, 5) is 12.1. The summed E-state index contributed by atoms with van der Waals surface area (Å²) in [7, 11) is 0. The summed E-state index contributed by atoms with van der Waals surface area (Å²) in [5.41, 5.74) is -2.80. The number of hydrazone groups is 1. The van der Waals surface area contributed by atoms with Crippen molar-refractivity contribution in [3.8, 4) is 0 Å². The van der Waals surface area contributed by atoms with E-state index in [1.165, 1.54) is 0 Å². The first-order chi connectivity index (χ1) is 10.2. The summed E-state index contributed by atoms with van der Waals surface area (Å²) >= 11 is 3.23. The van der Waals surface area contributed by atoms with E-state index in [1.807, 2.05) is 0 Å². The first-order valence-electron chi connectivity index (χ1n) is 6.69. The lowest BCUT2D eigenvalue weighted by Gasteiger charge is -2.32. The van der Waals surface area contributed by atoms with E-state index in [0.29, 0.717) is 22.9 Å². The minimum absolute atomic E-state index is 0.0372. The molecule has 2 aliphatic rings. The summed E-state index contributed by atoms with van der Waals surface area (Å²) in [6, 6.07) is 6.56. The second kappa shape index (κ2) is 5.06. The van der Waals surface area contributed by atoms with Crippen molar-refractivity contribution in [2.24, 2.45) is 11.0 Å². The van der Waals surface area contributed by atoms with Crippen molar-refractivity contribution >= 4 is 27.5 Å². The van der Waals surface area contributed by atoms with Crippen LogP contribution in [0.3, 0.4) is 0 Å². The molecule has 1 aromatic rings. The number of hydrogen-bond donors (Lipinski definition) is 1. The van der Waals surface area contributed by atoms with Crippen molar-refractivity contribution < 1.29 is 23.1 Å². The maximum atomic E-state index is 13.3. The molecule has 1 heterocycles. The molecular weight excluding hydrogens is 365 g/mol. The van der Waals surface area contributed by atoms with Crippen molar-refractivity contribution in [2.45, 2.75) is 31.2 Å². The van der Waals surface area contributed by atoms with Gasteiger partial charge >= 0.3 is 6.18 Å². The molecule has 0 spiro atoms. The Kier molecular flexibility index (Phi) is 3.56. The molecule has 1 N–H and O–H groups in total. The number of benzene rings is 1. The lowest BCUT2D eigenvalue weighted by atomic mass is 10.0. The van der Waals surface area contributed by atoms with Gasteiger partial charge in [0.2, 0.25) is 5.91 Å². The molecule has 1 fully saturated rings. The fourth-order valence-electron chi connectivity index (χ4n) is 2.33.